The molecule has 13 heteroatoms. The number of halogens is 2. The van der Waals surface area contributed by atoms with Crippen LogP contribution in [0.1, 0.15) is 33.3 Å². The van der Waals surface area contributed by atoms with E-state index in [0.29, 0.717) is 5.56 Å². The molecule has 2 aromatic carbocycles. The summed E-state index contributed by atoms with van der Waals surface area (Å²) in [6.45, 7) is 5.95. The highest BCUT2D eigenvalue weighted by atomic mass is 35.5. The van der Waals surface area contributed by atoms with Crippen LogP contribution in [-0.2, 0) is 26.2 Å². The van der Waals surface area contributed by atoms with E-state index in [9.17, 15) is 28.1 Å². The Morgan fingerprint density at radius 3 is 2.17 bits per heavy atom. The summed E-state index contributed by atoms with van der Waals surface area (Å²) in [6, 6.07) is 8.67. The maximum absolute atomic E-state index is 13.6. The van der Waals surface area contributed by atoms with Gasteiger partial charge < -0.3 is 10.2 Å². The van der Waals surface area contributed by atoms with E-state index in [1.807, 2.05) is 0 Å². The Balaban J connectivity index is 2.50. The molecule has 0 saturated carbocycles. The van der Waals surface area contributed by atoms with Crippen LogP contribution in [-0.4, -0.2) is 54.4 Å². The monoisotopic (exact) mass is 558 g/mol. The van der Waals surface area contributed by atoms with E-state index in [1.54, 1.807) is 39.0 Å². The van der Waals surface area contributed by atoms with Crippen LogP contribution in [0.3, 0.4) is 0 Å². The zero-order chi connectivity index (χ0) is 27.4. The molecule has 0 aliphatic carbocycles. The third-order valence-corrected chi connectivity index (χ3v) is 6.91. The number of carbonyl (C=O) groups excluding carboxylic acids is 2. The van der Waals surface area contributed by atoms with Gasteiger partial charge in [0.25, 0.3) is 5.69 Å². The summed E-state index contributed by atoms with van der Waals surface area (Å²) < 4.78 is 25.9. The van der Waals surface area contributed by atoms with Gasteiger partial charge in [0.15, 0.2) is 0 Å². The lowest BCUT2D eigenvalue weighted by Gasteiger charge is -2.33. The molecule has 0 radical (unpaired) electrons. The van der Waals surface area contributed by atoms with Crippen molar-refractivity contribution < 1.29 is 22.9 Å². The molecule has 0 aromatic heterocycles. The van der Waals surface area contributed by atoms with Crippen molar-refractivity contribution >= 4 is 56.4 Å². The Kier molecular flexibility index (Phi) is 9.33. The largest absolute Gasteiger partial charge is 0.350 e. The molecule has 2 rings (SSSR count). The van der Waals surface area contributed by atoms with E-state index >= 15 is 0 Å². The molecule has 0 saturated heterocycles. The normalized spacial score (nSPS) is 12.5. The number of hydrogen-bond donors (Lipinski definition) is 1. The van der Waals surface area contributed by atoms with Gasteiger partial charge in [-0.3, -0.25) is 24.0 Å². The summed E-state index contributed by atoms with van der Waals surface area (Å²) in [4.78, 5) is 38.2. The molecule has 2 aromatic rings. The predicted molar refractivity (Wildman–Crippen MR) is 140 cm³/mol. The summed E-state index contributed by atoms with van der Waals surface area (Å²) in [7, 11) is -4.04. The molecule has 0 aliphatic heterocycles. The minimum Gasteiger partial charge on any atom is -0.350 e. The second-order valence-corrected chi connectivity index (χ2v) is 11.9. The Morgan fingerprint density at radius 1 is 1.11 bits per heavy atom. The van der Waals surface area contributed by atoms with Crippen molar-refractivity contribution in [2.75, 3.05) is 17.1 Å². The fourth-order valence-corrected chi connectivity index (χ4v) is 4.64. The minimum absolute atomic E-state index is 0.0671. The van der Waals surface area contributed by atoms with Gasteiger partial charge >= 0.3 is 0 Å². The number of carbonyl (C=O) groups is 2. The third-order valence-electron chi connectivity index (χ3n) is 5.06. The van der Waals surface area contributed by atoms with Crippen LogP contribution in [0.15, 0.2) is 42.5 Å². The van der Waals surface area contributed by atoms with Crippen molar-refractivity contribution in [3.63, 3.8) is 0 Å². The molecule has 0 spiro atoms. The number of benzene rings is 2. The maximum Gasteiger partial charge on any atom is 0.271 e. The molecular weight excluding hydrogens is 531 g/mol. The Hall–Kier alpha value is -2.89. The van der Waals surface area contributed by atoms with E-state index in [0.717, 1.165) is 16.6 Å². The first-order valence-corrected chi connectivity index (χ1v) is 13.4. The van der Waals surface area contributed by atoms with E-state index in [-0.39, 0.29) is 28.0 Å². The van der Waals surface area contributed by atoms with Gasteiger partial charge in [0.1, 0.15) is 12.6 Å². The summed E-state index contributed by atoms with van der Waals surface area (Å²) in [5, 5.41) is 14.5. The lowest BCUT2D eigenvalue weighted by molar-refractivity contribution is -0.384. The number of anilines is 1. The van der Waals surface area contributed by atoms with E-state index in [1.165, 1.54) is 30.0 Å². The highest BCUT2D eigenvalue weighted by Gasteiger charge is 2.32. The zero-order valence-corrected chi connectivity index (χ0v) is 22.8. The average molecular weight is 559 g/mol. The number of nitrogens with one attached hydrogen (secondary N) is 1. The second kappa shape index (κ2) is 11.4. The van der Waals surface area contributed by atoms with Gasteiger partial charge in [0.05, 0.1) is 16.9 Å². The lowest BCUT2D eigenvalue weighted by atomic mass is 10.1. The fourth-order valence-electron chi connectivity index (χ4n) is 3.29. The van der Waals surface area contributed by atoms with Crippen molar-refractivity contribution in [1.82, 2.24) is 10.2 Å². The summed E-state index contributed by atoms with van der Waals surface area (Å²) >= 11 is 12.6. The van der Waals surface area contributed by atoms with Crippen LogP contribution < -0.4 is 9.62 Å². The number of nitro groups is 1. The Morgan fingerprint density at radius 2 is 1.67 bits per heavy atom. The lowest BCUT2D eigenvalue weighted by Crippen LogP contribution is -2.54. The number of non-ortho nitro benzene ring substituents is 1. The van der Waals surface area contributed by atoms with Gasteiger partial charge in [-0.05, 0) is 45.9 Å². The van der Waals surface area contributed by atoms with Crippen molar-refractivity contribution in [2.45, 2.75) is 45.8 Å². The molecule has 196 valence electrons. The van der Waals surface area contributed by atoms with Gasteiger partial charge in [0, 0.05) is 39.8 Å². The van der Waals surface area contributed by atoms with Crippen LogP contribution in [0.5, 0.6) is 0 Å². The first kappa shape index (κ1) is 29.3. The molecule has 0 bridgehead atoms. The van der Waals surface area contributed by atoms with Crippen molar-refractivity contribution in [1.29, 1.82) is 0 Å². The molecular formula is C23H28Cl2N4O6S. The van der Waals surface area contributed by atoms with Gasteiger partial charge in [-0.2, -0.15) is 0 Å². The Bertz CT molecular complexity index is 1240. The predicted octanol–water partition coefficient (Wildman–Crippen LogP) is 4.00. The number of sulfonamides is 1. The molecule has 10 nitrogen and oxygen atoms in total. The van der Waals surface area contributed by atoms with E-state index < -0.39 is 44.9 Å². The third kappa shape index (κ3) is 7.81. The number of rotatable bonds is 9. The highest BCUT2D eigenvalue weighted by molar-refractivity contribution is 7.92. The van der Waals surface area contributed by atoms with Crippen LogP contribution in [0.25, 0.3) is 0 Å². The van der Waals surface area contributed by atoms with Gasteiger partial charge in [-0.25, -0.2) is 8.42 Å². The quantitative estimate of drug-likeness (QED) is 0.365. The number of nitro benzene ring substituents is 1. The molecule has 36 heavy (non-hydrogen) atoms. The van der Waals surface area contributed by atoms with Gasteiger partial charge in [0.2, 0.25) is 21.8 Å². The van der Waals surface area contributed by atoms with Crippen LogP contribution >= 0.6 is 23.2 Å². The van der Waals surface area contributed by atoms with Crippen molar-refractivity contribution in [3.05, 3.63) is 68.2 Å². The molecule has 0 heterocycles. The first-order valence-electron chi connectivity index (χ1n) is 10.8. The zero-order valence-electron chi connectivity index (χ0n) is 20.5. The summed E-state index contributed by atoms with van der Waals surface area (Å²) in [5.74, 6) is -1.21. The second-order valence-electron chi connectivity index (χ2n) is 9.18. The van der Waals surface area contributed by atoms with Crippen LogP contribution in [0.4, 0.5) is 11.4 Å². The highest BCUT2D eigenvalue weighted by Crippen LogP contribution is 2.28. The minimum atomic E-state index is -4.04. The smallest absolute Gasteiger partial charge is 0.271 e. The van der Waals surface area contributed by atoms with Gasteiger partial charge in [-0.15, -0.1) is 0 Å². The summed E-state index contributed by atoms with van der Waals surface area (Å²) in [5.41, 5.74) is -0.621. The van der Waals surface area contributed by atoms with Crippen molar-refractivity contribution in [3.8, 4) is 0 Å². The van der Waals surface area contributed by atoms with Gasteiger partial charge in [-0.1, -0.05) is 35.3 Å². The molecule has 1 N–H and O–H groups in total. The summed E-state index contributed by atoms with van der Waals surface area (Å²) in [6.07, 6.45) is 0.879. The van der Waals surface area contributed by atoms with E-state index in [2.05, 4.69) is 5.32 Å². The fraction of sp³-hybridized carbons (Fsp3) is 0.391. The van der Waals surface area contributed by atoms with Crippen molar-refractivity contribution in [2.24, 2.45) is 0 Å². The SMILES string of the molecule is CC(C(=O)NC(C)(C)C)N(Cc1c(Cl)cccc1Cl)C(=O)CN(c1cccc([N+](=O)[O-])c1)S(C)(=O)=O. The standard InChI is InChI=1S/C23H28Cl2N4O6S/c1-15(22(31)26-23(2,3)4)27(13-18-19(24)10-7-11-20(18)25)21(30)14-28(36(5,34)35)16-8-6-9-17(12-16)29(32)33/h6-12,15H,13-14H2,1-5H3,(H,26,31). The number of hydrogen-bond acceptors (Lipinski definition) is 6. The molecule has 1 unspecified atom stereocenters. The molecule has 0 fully saturated rings. The van der Waals surface area contributed by atoms with Crippen LogP contribution in [0, 0.1) is 10.1 Å². The van der Waals surface area contributed by atoms with E-state index in [4.69, 9.17) is 23.2 Å². The Labute approximate surface area is 220 Å². The molecule has 0 aliphatic rings. The maximum atomic E-state index is 13.6. The molecule has 2 amide bonds. The first-order chi connectivity index (χ1) is 16.5. The number of amides is 2. The average Bonchev–Trinajstić information content (AvgIpc) is 2.74. The molecule has 1 atom stereocenters. The van der Waals surface area contributed by atoms with Crippen LogP contribution in [0.2, 0.25) is 10.0 Å². The topological polar surface area (TPSA) is 130 Å². The number of nitrogens with zero attached hydrogens (tertiary/aromatic N) is 3.